The molecule has 0 radical (unpaired) electrons. The van der Waals surface area contributed by atoms with Crippen molar-refractivity contribution in [3.05, 3.63) is 54.1 Å². The van der Waals surface area contributed by atoms with E-state index in [2.05, 4.69) is 20.7 Å². The van der Waals surface area contributed by atoms with Crippen molar-refractivity contribution < 1.29 is 19.1 Å². The van der Waals surface area contributed by atoms with Crippen LogP contribution in [0, 0.1) is 6.92 Å². The number of nitrogens with one attached hydrogen (secondary N) is 1. The van der Waals surface area contributed by atoms with Crippen molar-refractivity contribution >= 4 is 17.6 Å². The highest BCUT2D eigenvalue weighted by molar-refractivity contribution is 5.95. The Balaban J connectivity index is 1.51. The molecule has 9 nitrogen and oxygen atoms in total. The minimum absolute atomic E-state index is 0.250. The van der Waals surface area contributed by atoms with E-state index in [9.17, 15) is 9.59 Å². The molecule has 0 aliphatic carbocycles. The van der Waals surface area contributed by atoms with Crippen LogP contribution in [-0.2, 0) is 20.9 Å². The highest BCUT2D eigenvalue weighted by atomic mass is 16.5. The number of nitrogens with zero attached hydrogens (tertiary/aromatic N) is 4. The zero-order valence-electron chi connectivity index (χ0n) is 17.0. The van der Waals surface area contributed by atoms with E-state index in [0.29, 0.717) is 23.9 Å². The Hall–Kier alpha value is -3.75. The van der Waals surface area contributed by atoms with Gasteiger partial charge in [0.2, 0.25) is 5.82 Å². The maximum atomic E-state index is 12.3. The monoisotopic (exact) mass is 409 g/mol. The largest absolute Gasteiger partial charge is 0.494 e. The fourth-order valence-electron chi connectivity index (χ4n) is 2.58. The number of hydrogen-bond donors (Lipinski definition) is 1. The van der Waals surface area contributed by atoms with Gasteiger partial charge < -0.3 is 14.8 Å². The molecule has 1 heterocycles. The Bertz CT molecular complexity index is 999. The van der Waals surface area contributed by atoms with E-state index in [1.807, 2.05) is 38.1 Å². The van der Waals surface area contributed by atoms with Crippen LogP contribution in [0.2, 0.25) is 0 Å². The first kappa shape index (κ1) is 21.0. The van der Waals surface area contributed by atoms with Crippen LogP contribution < -0.4 is 10.1 Å². The molecule has 0 unspecified atom stereocenters. The van der Waals surface area contributed by atoms with Gasteiger partial charge in [-0.1, -0.05) is 29.8 Å². The maximum Gasteiger partial charge on any atom is 0.330 e. The first-order chi connectivity index (χ1) is 14.4. The molecule has 0 aliphatic heterocycles. The maximum absolute atomic E-state index is 12.3. The van der Waals surface area contributed by atoms with Crippen molar-refractivity contribution in [2.75, 3.05) is 11.9 Å². The fourth-order valence-corrected chi connectivity index (χ4v) is 2.58. The van der Waals surface area contributed by atoms with Gasteiger partial charge in [-0.05, 0) is 50.3 Å². The van der Waals surface area contributed by atoms with Gasteiger partial charge in [0.1, 0.15) is 5.75 Å². The molecule has 156 valence electrons. The summed E-state index contributed by atoms with van der Waals surface area (Å²) in [4.78, 5) is 25.5. The minimum Gasteiger partial charge on any atom is -0.494 e. The Morgan fingerprint density at radius 1 is 1.10 bits per heavy atom. The summed E-state index contributed by atoms with van der Waals surface area (Å²) >= 11 is 0. The van der Waals surface area contributed by atoms with Crippen molar-refractivity contribution in [1.82, 2.24) is 20.2 Å². The number of aromatic nitrogens is 4. The summed E-state index contributed by atoms with van der Waals surface area (Å²) in [6, 6.07) is 14.6. The number of hydrogen-bond acceptors (Lipinski definition) is 7. The average molecular weight is 409 g/mol. The molecule has 0 fully saturated rings. The molecule has 30 heavy (non-hydrogen) atoms. The zero-order valence-corrected chi connectivity index (χ0v) is 17.0. The SMILES string of the molecule is CCOc1ccc(NC(=O)[C@@H](C)OC(=O)Cn2nnc(-c3ccc(C)cc3)n2)cc1. The number of anilines is 1. The summed E-state index contributed by atoms with van der Waals surface area (Å²) in [6.45, 7) is 5.68. The molecule has 1 amide bonds. The lowest BCUT2D eigenvalue weighted by Crippen LogP contribution is -2.31. The van der Waals surface area contributed by atoms with Crippen molar-refractivity contribution in [2.45, 2.75) is 33.4 Å². The Morgan fingerprint density at radius 2 is 1.80 bits per heavy atom. The number of carbonyl (C=O) groups excluding carboxylic acids is 2. The van der Waals surface area contributed by atoms with Crippen LogP contribution in [0.3, 0.4) is 0 Å². The second-order valence-corrected chi connectivity index (χ2v) is 6.59. The Morgan fingerprint density at radius 3 is 2.47 bits per heavy atom. The molecule has 0 saturated heterocycles. The van der Waals surface area contributed by atoms with Crippen molar-refractivity contribution in [2.24, 2.45) is 0 Å². The number of amides is 1. The average Bonchev–Trinajstić information content (AvgIpc) is 3.18. The van der Waals surface area contributed by atoms with E-state index < -0.39 is 18.0 Å². The van der Waals surface area contributed by atoms with Gasteiger partial charge in [0, 0.05) is 11.3 Å². The first-order valence-electron chi connectivity index (χ1n) is 9.52. The van der Waals surface area contributed by atoms with E-state index in [4.69, 9.17) is 9.47 Å². The highest BCUT2D eigenvalue weighted by Gasteiger charge is 2.19. The Kier molecular flexibility index (Phi) is 6.74. The summed E-state index contributed by atoms with van der Waals surface area (Å²) in [6.07, 6.45) is -0.982. The predicted octanol–water partition coefficient (Wildman–Crippen LogP) is 2.62. The van der Waals surface area contributed by atoms with Crippen LogP contribution in [-0.4, -0.2) is 44.8 Å². The van der Waals surface area contributed by atoms with Crippen LogP contribution in [0.1, 0.15) is 19.4 Å². The minimum atomic E-state index is -0.982. The number of aryl methyl sites for hydroxylation is 1. The molecular weight excluding hydrogens is 386 g/mol. The molecule has 1 aromatic heterocycles. The van der Waals surface area contributed by atoms with E-state index >= 15 is 0 Å². The molecule has 9 heteroatoms. The number of carbonyl (C=O) groups is 2. The third-order valence-corrected chi connectivity index (χ3v) is 4.14. The first-order valence-corrected chi connectivity index (χ1v) is 9.52. The molecule has 0 bridgehead atoms. The third-order valence-electron chi connectivity index (χ3n) is 4.14. The van der Waals surface area contributed by atoms with E-state index in [-0.39, 0.29) is 6.54 Å². The normalized spacial score (nSPS) is 11.6. The van der Waals surface area contributed by atoms with Gasteiger partial charge in [-0.15, -0.1) is 10.2 Å². The number of esters is 1. The van der Waals surface area contributed by atoms with Crippen LogP contribution in [0.4, 0.5) is 5.69 Å². The van der Waals surface area contributed by atoms with Gasteiger partial charge in [-0.25, -0.2) is 4.79 Å². The number of tetrazole rings is 1. The second-order valence-electron chi connectivity index (χ2n) is 6.59. The van der Waals surface area contributed by atoms with Gasteiger partial charge in [0.25, 0.3) is 5.91 Å². The quantitative estimate of drug-likeness (QED) is 0.570. The molecule has 1 N–H and O–H groups in total. The lowest BCUT2D eigenvalue weighted by Gasteiger charge is -2.13. The molecule has 3 rings (SSSR count). The fraction of sp³-hybridized carbons (Fsp3) is 0.286. The molecule has 3 aromatic rings. The smallest absolute Gasteiger partial charge is 0.330 e. The predicted molar refractivity (Wildman–Crippen MR) is 110 cm³/mol. The van der Waals surface area contributed by atoms with Crippen LogP contribution in [0.15, 0.2) is 48.5 Å². The summed E-state index contributed by atoms with van der Waals surface area (Å²) < 4.78 is 10.5. The molecule has 2 aromatic carbocycles. The van der Waals surface area contributed by atoms with Gasteiger partial charge in [-0.2, -0.15) is 4.80 Å². The standard InChI is InChI=1S/C21H23N5O4/c1-4-29-18-11-9-17(10-12-18)22-21(28)15(3)30-19(27)13-26-24-20(23-25-26)16-7-5-14(2)6-8-16/h5-12,15H,4,13H2,1-3H3,(H,22,28)/t15-/m1/s1. The lowest BCUT2D eigenvalue weighted by atomic mass is 10.1. The number of rotatable bonds is 8. The lowest BCUT2D eigenvalue weighted by molar-refractivity contribution is -0.154. The topological polar surface area (TPSA) is 108 Å². The van der Waals surface area contributed by atoms with Crippen LogP contribution >= 0.6 is 0 Å². The van der Waals surface area contributed by atoms with E-state index in [1.165, 1.54) is 6.92 Å². The molecule has 0 aliphatic rings. The number of benzene rings is 2. The second kappa shape index (κ2) is 9.64. The molecular formula is C21H23N5O4. The molecule has 0 spiro atoms. The van der Waals surface area contributed by atoms with Gasteiger partial charge in [0.15, 0.2) is 12.6 Å². The summed E-state index contributed by atoms with van der Waals surface area (Å²) in [5, 5.41) is 14.7. The van der Waals surface area contributed by atoms with Gasteiger partial charge in [-0.3, -0.25) is 4.79 Å². The van der Waals surface area contributed by atoms with Crippen molar-refractivity contribution in [3.8, 4) is 17.1 Å². The summed E-state index contributed by atoms with van der Waals surface area (Å²) in [7, 11) is 0. The van der Waals surface area contributed by atoms with Gasteiger partial charge >= 0.3 is 5.97 Å². The summed E-state index contributed by atoms with van der Waals surface area (Å²) in [5.41, 5.74) is 2.49. The highest BCUT2D eigenvalue weighted by Crippen LogP contribution is 2.16. The summed E-state index contributed by atoms with van der Waals surface area (Å²) in [5.74, 6) is 0.0287. The van der Waals surface area contributed by atoms with Crippen LogP contribution in [0.5, 0.6) is 5.75 Å². The Labute approximate surface area is 174 Å². The van der Waals surface area contributed by atoms with Crippen molar-refractivity contribution in [1.29, 1.82) is 0 Å². The number of ether oxygens (including phenoxy) is 2. The molecule has 0 saturated carbocycles. The third kappa shape index (κ3) is 5.63. The molecule has 1 atom stereocenters. The van der Waals surface area contributed by atoms with E-state index in [0.717, 1.165) is 15.9 Å². The van der Waals surface area contributed by atoms with Crippen molar-refractivity contribution in [3.63, 3.8) is 0 Å². The van der Waals surface area contributed by atoms with Crippen LogP contribution in [0.25, 0.3) is 11.4 Å². The van der Waals surface area contributed by atoms with E-state index in [1.54, 1.807) is 24.3 Å². The van der Waals surface area contributed by atoms with Gasteiger partial charge in [0.05, 0.1) is 6.61 Å². The zero-order chi connectivity index (χ0) is 21.5.